The average Bonchev–Trinajstić information content (AvgIpc) is 3.28. The molecule has 8 aromatic rings. The Balaban J connectivity index is 1.22. The van der Waals surface area contributed by atoms with Crippen molar-refractivity contribution in [2.45, 2.75) is 0 Å². The van der Waals surface area contributed by atoms with Crippen molar-refractivity contribution in [1.82, 2.24) is 0 Å². The van der Waals surface area contributed by atoms with Crippen LogP contribution in [0.2, 0.25) is 0 Å². The van der Waals surface area contributed by atoms with E-state index in [9.17, 15) is 0 Å². The molecule has 0 amide bonds. The van der Waals surface area contributed by atoms with E-state index in [0.29, 0.717) is 22.5 Å². The summed E-state index contributed by atoms with van der Waals surface area (Å²) >= 11 is 0. The predicted octanol–water partition coefficient (Wildman–Crippen LogP) is 13.5. The molecule has 0 fully saturated rings. The van der Waals surface area contributed by atoms with Gasteiger partial charge in [0.15, 0.2) is 0 Å². The summed E-state index contributed by atoms with van der Waals surface area (Å²) in [6.07, 6.45) is 0. The SMILES string of the molecule is [2H]c1c([2H])c([2H])c(-c2ccc(N(c3ccc(-c4ccc(-c5ccccc5)c(-c5ccccc5)c4)cc3)c3ccc(-c4c([2H])c([2H])c([2H])c([2H])c4[2H])cc3)cc2)c([2H])c1[2H]. The zero-order chi connectivity index (χ0) is 41.5. The van der Waals surface area contributed by atoms with Gasteiger partial charge in [0, 0.05) is 17.1 Å². The Morgan fingerprint density at radius 3 is 1.08 bits per heavy atom. The van der Waals surface area contributed by atoms with Crippen LogP contribution in [0.15, 0.2) is 212 Å². The Bertz CT molecular complexity index is 2670. The molecule has 0 saturated heterocycles. The topological polar surface area (TPSA) is 3.24 Å². The number of rotatable bonds is 8. The summed E-state index contributed by atoms with van der Waals surface area (Å²) in [6.45, 7) is 0. The van der Waals surface area contributed by atoms with Crippen LogP contribution in [-0.4, -0.2) is 0 Å². The van der Waals surface area contributed by atoms with Gasteiger partial charge in [0.05, 0.1) is 13.7 Å². The van der Waals surface area contributed by atoms with E-state index in [1.807, 2.05) is 77.7 Å². The molecule has 0 aromatic heterocycles. The van der Waals surface area contributed by atoms with Gasteiger partial charge in [0.1, 0.15) is 0 Å². The molecule has 0 spiro atoms. The van der Waals surface area contributed by atoms with E-state index in [0.717, 1.165) is 39.1 Å². The summed E-state index contributed by atoms with van der Waals surface area (Å²) in [5.74, 6) is 0. The average molecular weight is 636 g/mol. The molecule has 0 aliphatic carbocycles. The Labute approximate surface area is 303 Å². The number of hydrogen-bond donors (Lipinski definition) is 0. The van der Waals surface area contributed by atoms with Gasteiger partial charge >= 0.3 is 0 Å². The lowest BCUT2D eigenvalue weighted by Crippen LogP contribution is -2.09. The van der Waals surface area contributed by atoms with Crippen LogP contribution in [0.1, 0.15) is 13.7 Å². The van der Waals surface area contributed by atoms with E-state index in [4.69, 9.17) is 13.7 Å². The van der Waals surface area contributed by atoms with Gasteiger partial charge in [0.2, 0.25) is 0 Å². The largest absolute Gasteiger partial charge is 0.311 e. The number of benzene rings is 8. The Kier molecular flexibility index (Phi) is 5.81. The maximum Gasteiger partial charge on any atom is 0.0629 e. The van der Waals surface area contributed by atoms with Gasteiger partial charge in [-0.25, -0.2) is 0 Å². The Morgan fingerprint density at radius 2 is 0.653 bits per heavy atom. The molecule has 0 radical (unpaired) electrons. The highest BCUT2D eigenvalue weighted by molar-refractivity contribution is 5.88. The van der Waals surface area contributed by atoms with E-state index in [-0.39, 0.29) is 35.3 Å². The first-order valence-electron chi connectivity index (χ1n) is 20.9. The van der Waals surface area contributed by atoms with E-state index < -0.39 is 36.3 Å². The van der Waals surface area contributed by atoms with Crippen LogP contribution in [0.4, 0.5) is 17.1 Å². The number of nitrogens with zero attached hydrogens (tertiary/aromatic N) is 1. The highest BCUT2D eigenvalue weighted by Crippen LogP contribution is 2.39. The third-order valence-corrected chi connectivity index (χ3v) is 8.48. The smallest absolute Gasteiger partial charge is 0.0629 e. The van der Waals surface area contributed by atoms with Gasteiger partial charge in [0.25, 0.3) is 0 Å². The molecule has 0 heterocycles. The number of anilines is 3. The van der Waals surface area contributed by atoms with Gasteiger partial charge in [-0.3, -0.25) is 0 Å². The zero-order valence-electron chi connectivity index (χ0n) is 36.4. The molecule has 232 valence electrons. The van der Waals surface area contributed by atoms with Crippen molar-refractivity contribution < 1.29 is 13.7 Å². The summed E-state index contributed by atoms with van der Waals surface area (Å²) in [4.78, 5) is 2.00. The lowest BCUT2D eigenvalue weighted by molar-refractivity contribution is 1.28. The van der Waals surface area contributed by atoms with Crippen molar-refractivity contribution in [2.75, 3.05) is 4.90 Å². The molecule has 0 atom stereocenters. The van der Waals surface area contributed by atoms with Crippen LogP contribution < -0.4 is 4.90 Å². The summed E-state index contributed by atoms with van der Waals surface area (Å²) in [5, 5.41) is 0. The van der Waals surface area contributed by atoms with E-state index in [1.54, 1.807) is 24.3 Å². The molecular formula is C48H35N. The fraction of sp³-hybridized carbons (Fsp3) is 0. The molecule has 0 N–H and O–H groups in total. The fourth-order valence-corrected chi connectivity index (χ4v) is 6.04. The third-order valence-electron chi connectivity index (χ3n) is 8.48. The summed E-state index contributed by atoms with van der Waals surface area (Å²) in [5.41, 5.74) is 9.86. The van der Waals surface area contributed by atoms with E-state index >= 15 is 0 Å². The maximum atomic E-state index is 8.50. The van der Waals surface area contributed by atoms with Crippen molar-refractivity contribution in [1.29, 1.82) is 0 Å². The summed E-state index contributed by atoms with van der Waals surface area (Å²) in [7, 11) is 0. The molecule has 1 nitrogen and oxygen atoms in total. The molecule has 8 rings (SSSR count). The van der Waals surface area contributed by atoms with Crippen molar-refractivity contribution >= 4 is 17.1 Å². The Morgan fingerprint density at radius 1 is 0.286 bits per heavy atom. The zero-order valence-corrected chi connectivity index (χ0v) is 26.4. The van der Waals surface area contributed by atoms with Crippen molar-refractivity contribution in [3.8, 4) is 55.6 Å². The van der Waals surface area contributed by atoms with Crippen molar-refractivity contribution in [2.24, 2.45) is 0 Å². The Hall–Kier alpha value is -6.44. The lowest BCUT2D eigenvalue weighted by atomic mass is 9.91. The first-order chi connectivity index (χ1) is 28.4. The number of hydrogen-bond acceptors (Lipinski definition) is 1. The highest BCUT2D eigenvalue weighted by atomic mass is 15.1. The molecule has 0 aliphatic heterocycles. The first kappa shape index (κ1) is 20.7. The predicted molar refractivity (Wildman–Crippen MR) is 208 cm³/mol. The quantitative estimate of drug-likeness (QED) is 0.161. The summed E-state index contributed by atoms with van der Waals surface area (Å²) < 4.78 is 82.8. The molecule has 0 aliphatic rings. The maximum absolute atomic E-state index is 8.50. The van der Waals surface area contributed by atoms with E-state index in [1.165, 1.54) is 0 Å². The van der Waals surface area contributed by atoms with Crippen LogP contribution in [0.3, 0.4) is 0 Å². The van der Waals surface area contributed by atoms with E-state index in [2.05, 4.69) is 54.6 Å². The van der Waals surface area contributed by atoms with Gasteiger partial charge in [-0.1, -0.05) is 170 Å². The molecule has 49 heavy (non-hydrogen) atoms. The molecular weight excluding hydrogens is 591 g/mol. The van der Waals surface area contributed by atoms with Crippen LogP contribution in [0, 0.1) is 0 Å². The lowest BCUT2D eigenvalue weighted by Gasteiger charge is -2.26. The van der Waals surface area contributed by atoms with Crippen LogP contribution in [-0.2, 0) is 0 Å². The highest BCUT2D eigenvalue weighted by Gasteiger charge is 2.15. The van der Waals surface area contributed by atoms with Crippen molar-refractivity contribution in [3.05, 3.63) is 212 Å². The second-order valence-corrected chi connectivity index (χ2v) is 11.5. The van der Waals surface area contributed by atoms with Crippen LogP contribution in [0.5, 0.6) is 0 Å². The minimum atomic E-state index is -0.453. The second-order valence-electron chi connectivity index (χ2n) is 11.5. The monoisotopic (exact) mass is 635 g/mol. The van der Waals surface area contributed by atoms with Gasteiger partial charge in [-0.15, -0.1) is 0 Å². The standard InChI is InChI=1S/C48H35N/c1-5-13-36(14-6-1)38-21-28-44(29-22-38)49(45-30-23-39(24-31-45)37-15-7-2-8-16-37)46-32-25-40(26-33-46)43-27-34-47(41-17-9-3-10-18-41)48(35-43)42-19-11-4-12-20-42/h1-35H/i1D,2D,5D,6D,7D,8D,13D,14D,15D,16D. The first-order valence-corrected chi connectivity index (χ1v) is 15.9. The summed E-state index contributed by atoms with van der Waals surface area (Å²) in [6, 6.07) is 45.7. The van der Waals surface area contributed by atoms with Gasteiger partial charge < -0.3 is 4.90 Å². The molecule has 0 bridgehead atoms. The minimum absolute atomic E-state index is 0.106. The van der Waals surface area contributed by atoms with Gasteiger partial charge in [-0.05, 0) is 98.1 Å². The molecule has 1 heteroatoms. The normalized spacial score (nSPS) is 13.7. The molecule has 8 aromatic carbocycles. The molecule has 0 unspecified atom stereocenters. The minimum Gasteiger partial charge on any atom is -0.311 e. The van der Waals surface area contributed by atoms with Crippen LogP contribution in [0.25, 0.3) is 55.6 Å². The fourth-order valence-electron chi connectivity index (χ4n) is 6.04. The third kappa shape index (κ3) is 6.43. The van der Waals surface area contributed by atoms with Crippen molar-refractivity contribution in [3.63, 3.8) is 0 Å². The molecule has 0 saturated carbocycles. The second kappa shape index (κ2) is 13.7. The van der Waals surface area contributed by atoms with Crippen LogP contribution >= 0.6 is 0 Å². The van der Waals surface area contributed by atoms with Gasteiger partial charge in [-0.2, -0.15) is 0 Å².